The molecule has 0 unspecified atom stereocenters. The smallest absolute Gasteiger partial charge is 0.164 e. The standard InChI is InChI=1S/C17H18N2O/c1-3-15(20)14-8-4-7-13-9-11-19(16(13)14)17-12(2)6-5-10-18-17/h4-8,10H,3,9,11H2,1-2H3. The van der Waals surface area contributed by atoms with E-state index >= 15 is 0 Å². The molecule has 102 valence electrons. The van der Waals surface area contributed by atoms with E-state index in [1.807, 2.05) is 31.3 Å². The Labute approximate surface area is 119 Å². The lowest BCUT2D eigenvalue weighted by Crippen LogP contribution is -2.18. The zero-order chi connectivity index (χ0) is 14.1. The van der Waals surface area contributed by atoms with Crippen LogP contribution < -0.4 is 4.90 Å². The Kier molecular flexibility index (Phi) is 3.26. The maximum atomic E-state index is 12.2. The lowest BCUT2D eigenvalue weighted by Gasteiger charge is -2.22. The number of ketones is 1. The summed E-state index contributed by atoms with van der Waals surface area (Å²) in [5, 5.41) is 0. The van der Waals surface area contributed by atoms with Gasteiger partial charge in [-0.3, -0.25) is 4.79 Å². The first-order valence-corrected chi connectivity index (χ1v) is 7.06. The molecule has 3 heteroatoms. The molecule has 2 heterocycles. The van der Waals surface area contributed by atoms with Gasteiger partial charge in [-0.15, -0.1) is 0 Å². The van der Waals surface area contributed by atoms with Gasteiger partial charge in [-0.1, -0.05) is 25.1 Å². The number of benzene rings is 1. The van der Waals surface area contributed by atoms with Crippen molar-refractivity contribution in [3.63, 3.8) is 0 Å². The lowest BCUT2D eigenvalue weighted by atomic mass is 10.0. The van der Waals surface area contributed by atoms with Gasteiger partial charge in [0, 0.05) is 24.7 Å². The van der Waals surface area contributed by atoms with Crippen molar-refractivity contribution in [2.75, 3.05) is 11.4 Å². The molecule has 0 radical (unpaired) electrons. The molecule has 1 aliphatic heterocycles. The maximum absolute atomic E-state index is 12.2. The molecule has 0 N–H and O–H groups in total. The average molecular weight is 266 g/mol. The Bertz CT molecular complexity index is 664. The fourth-order valence-electron chi connectivity index (χ4n) is 2.84. The van der Waals surface area contributed by atoms with Crippen molar-refractivity contribution in [2.45, 2.75) is 26.7 Å². The van der Waals surface area contributed by atoms with Crippen LogP contribution in [0.1, 0.15) is 34.8 Å². The van der Waals surface area contributed by atoms with Crippen LogP contribution in [-0.4, -0.2) is 17.3 Å². The molecule has 0 atom stereocenters. The zero-order valence-electron chi connectivity index (χ0n) is 11.9. The summed E-state index contributed by atoms with van der Waals surface area (Å²) >= 11 is 0. The molecule has 0 spiro atoms. The van der Waals surface area contributed by atoms with Gasteiger partial charge in [-0.2, -0.15) is 0 Å². The van der Waals surface area contributed by atoms with Gasteiger partial charge >= 0.3 is 0 Å². The van der Waals surface area contributed by atoms with Gasteiger partial charge in [0.05, 0.1) is 5.69 Å². The number of aromatic nitrogens is 1. The van der Waals surface area contributed by atoms with Crippen LogP contribution in [0.5, 0.6) is 0 Å². The first-order valence-electron chi connectivity index (χ1n) is 7.06. The van der Waals surface area contributed by atoms with E-state index in [1.165, 1.54) is 5.56 Å². The SMILES string of the molecule is CCC(=O)c1cccc2c1N(c1ncccc1C)CC2. The first-order chi connectivity index (χ1) is 9.72. The number of fused-ring (bicyclic) bond motifs is 1. The number of nitrogens with zero attached hydrogens (tertiary/aromatic N) is 2. The monoisotopic (exact) mass is 266 g/mol. The number of hydrogen-bond acceptors (Lipinski definition) is 3. The molecule has 3 nitrogen and oxygen atoms in total. The van der Waals surface area contributed by atoms with Gasteiger partial charge in [-0.05, 0) is 36.6 Å². The Morgan fingerprint density at radius 1 is 1.30 bits per heavy atom. The van der Waals surface area contributed by atoms with Crippen LogP contribution in [0.3, 0.4) is 0 Å². The number of carbonyl (C=O) groups is 1. The van der Waals surface area contributed by atoms with Crippen LogP contribution >= 0.6 is 0 Å². The molecule has 0 saturated heterocycles. The van der Waals surface area contributed by atoms with Crippen molar-refractivity contribution in [2.24, 2.45) is 0 Å². The third-order valence-corrected chi connectivity index (χ3v) is 3.85. The van der Waals surface area contributed by atoms with E-state index in [0.29, 0.717) is 6.42 Å². The summed E-state index contributed by atoms with van der Waals surface area (Å²) in [5.74, 6) is 1.16. The fourth-order valence-corrected chi connectivity index (χ4v) is 2.84. The third kappa shape index (κ3) is 1.99. The molecule has 1 aromatic carbocycles. The Morgan fingerprint density at radius 2 is 2.15 bits per heavy atom. The quantitative estimate of drug-likeness (QED) is 0.795. The molecule has 0 fully saturated rings. The minimum absolute atomic E-state index is 0.197. The summed E-state index contributed by atoms with van der Waals surface area (Å²) in [7, 11) is 0. The Balaban J connectivity index is 2.14. The molecule has 0 bridgehead atoms. The van der Waals surface area contributed by atoms with Crippen LogP contribution in [-0.2, 0) is 6.42 Å². The number of rotatable bonds is 3. The second-order valence-corrected chi connectivity index (χ2v) is 5.14. The summed E-state index contributed by atoms with van der Waals surface area (Å²) in [6.07, 6.45) is 3.31. The van der Waals surface area contributed by atoms with E-state index in [0.717, 1.165) is 35.6 Å². The largest absolute Gasteiger partial charge is 0.325 e. The van der Waals surface area contributed by atoms with Gasteiger partial charge in [0.15, 0.2) is 5.78 Å². The van der Waals surface area contributed by atoms with Crippen LogP contribution in [0.25, 0.3) is 0 Å². The second kappa shape index (κ2) is 5.08. The van der Waals surface area contributed by atoms with E-state index in [9.17, 15) is 4.79 Å². The molecule has 0 aliphatic carbocycles. The van der Waals surface area contributed by atoms with Crippen molar-refractivity contribution < 1.29 is 4.79 Å². The molecular formula is C17H18N2O. The summed E-state index contributed by atoms with van der Waals surface area (Å²) < 4.78 is 0. The number of pyridine rings is 1. The molecule has 3 rings (SSSR count). The summed E-state index contributed by atoms with van der Waals surface area (Å²) in [6, 6.07) is 10.0. The van der Waals surface area contributed by atoms with Crippen molar-refractivity contribution in [3.8, 4) is 0 Å². The normalized spacial score (nSPS) is 13.4. The molecule has 1 aromatic heterocycles. The molecule has 0 saturated carbocycles. The summed E-state index contributed by atoms with van der Waals surface area (Å²) in [5.41, 5.74) is 4.27. The minimum Gasteiger partial charge on any atom is -0.325 e. The number of para-hydroxylation sites is 1. The van der Waals surface area contributed by atoms with Gasteiger partial charge in [-0.25, -0.2) is 4.98 Å². The molecule has 1 aliphatic rings. The van der Waals surface area contributed by atoms with Crippen LogP contribution in [0, 0.1) is 6.92 Å². The van der Waals surface area contributed by atoms with Crippen molar-refractivity contribution in [3.05, 3.63) is 53.2 Å². The fraction of sp³-hybridized carbons (Fsp3) is 0.294. The molecule has 0 amide bonds. The van der Waals surface area contributed by atoms with Crippen LogP contribution in [0.15, 0.2) is 36.5 Å². The highest BCUT2D eigenvalue weighted by Gasteiger charge is 2.26. The highest BCUT2D eigenvalue weighted by Crippen LogP contribution is 2.38. The van der Waals surface area contributed by atoms with Crippen molar-refractivity contribution in [1.82, 2.24) is 4.98 Å². The van der Waals surface area contributed by atoms with E-state index < -0.39 is 0 Å². The molecule has 2 aromatic rings. The third-order valence-electron chi connectivity index (χ3n) is 3.85. The maximum Gasteiger partial charge on any atom is 0.164 e. The van der Waals surface area contributed by atoms with Gasteiger partial charge < -0.3 is 4.90 Å². The summed E-state index contributed by atoms with van der Waals surface area (Å²) in [4.78, 5) is 18.9. The van der Waals surface area contributed by atoms with Gasteiger partial charge in [0.2, 0.25) is 0 Å². The summed E-state index contributed by atoms with van der Waals surface area (Å²) in [6.45, 7) is 4.86. The molecule has 20 heavy (non-hydrogen) atoms. The highest BCUT2D eigenvalue weighted by molar-refractivity contribution is 6.03. The average Bonchev–Trinajstić information content (AvgIpc) is 2.91. The van der Waals surface area contributed by atoms with Gasteiger partial charge in [0.25, 0.3) is 0 Å². The Morgan fingerprint density at radius 3 is 2.90 bits per heavy atom. The highest BCUT2D eigenvalue weighted by atomic mass is 16.1. The van der Waals surface area contributed by atoms with Crippen LogP contribution in [0.4, 0.5) is 11.5 Å². The number of hydrogen-bond donors (Lipinski definition) is 0. The van der Waals surface area contributed by atoms with Crippen molar-refractivity contribution >= 4 is 17.3 Å². The zero-order valence-corrected chi connectivity index (χ0v) is 11.9. The predicted octanol–water partition coefficient (Wildman–Crippen LogP) is 3.68. The predicted molar refractivity (Wildman–Crippen MR) is 80.7 cm³/mol. The first kappa shape index (κ1) is 12.9. The van der Waals surface area contributed by atoms with E-state index in [-0.39, 0.29) is 5.78 Å². The van der Waals surface area contributed by atoms with Crippen LogP contribution in [0.2, 0.25) is 0 Å². The second-order valence-electron chi connectivity index (χ2n) is 5.14. The topological polar surface area (TPSA) is 33.2 Å². The van der Waals surface area contributed by atoms with E-state index in [4.69, 9.17) is 0 Å². The Hall–Kier alpha value is -2.16. The molecular weight excluding hydrogens is 248 g/mol. The number of aryl methyl sites for hydroxylation is 1. The van der Waals surface area contributed by atoms with Crippen molar-refractivity contribution in [1.29, 1.82) is 0 Å². The minimum atomic E-state index is 0.197. The number of carbonyl (C=O) groups excluding carboxylic acids is 1. The van der Waals surface area contributed by atoms with E-state index in [2.05, 4.69) is 28.9 Å². The lowest BCUT2D eigenvalue weighted by molar-refractivity contribution is 0.0989. The van der Waals surface area contributed by atoms with Gasteiger partial charge in [0.1, 0.15) is 5.82 Å². The van der Waals surface area contributed by atoms with E-state index in [1.54, 1.807) is 0 Å². The number of anilines is 2. The number of Topliss-reactive ketones (excluding diaryl/α,β-unsaturated/α-hetero) is 1.